The van der Waals surface area contributed by atoms with Gasteiger partial charge in [-0.3, -0.25) is 4.57 Å². The normalized spacial score (nSPS) is 13.4. The summed E-state index contributed by atoms with van der Waals surface area (Å²) in [5.74, 6) is 1.94. The van der Waals surface area contributed by atoms with E-state index >= 15 is 0 Å². The first-order chi connectivity index (χ1) is 19.6. The fraction of sp³-hybridized carbons (Fsp3) is 0.0833. The zero-order valence-electron chi connectivity index (χ0n) is 22.3. The number of aromatic nitrogens is 4. The van der Waals surface area contributed by atoms with Crippen LogP contribution in [0.15, 0.2) is 121 Å². The number of rotatable bonds is 3. The molecular formula is C36H26N4. The van der Waals surface area contributed by atoms with Gasteiger partial charge in [-0.15, -0.1) is 0 Å². The summed E-state index contributed by atoms with van der Waals surface area (Å²) >= 11 is 0. The molecule has 2 heterocycles. The lowest BCUT2D eigenvalue weighted by atomic mass is 9.81. The molecular weight excluding hydrogens is 488 g/mol. The third-order valence-electron chi connectivity index (χ3n) is 8.24. The van der Waals surface area contributed by atoms with Crippen molar-refractivity contribution in [1.29, 1.82) is 0 Å². The second-order valence-electron chi connectivity index (χ2n) is 10.9. The molecule has 1 aliphatic carbocycles. The maximum absolute atomic E-state index is 5.14. The molecule has 0 unspecified atom stereocenters. The van der Waals surface area contributed by atoms with Gasteiger partial charge in [0.1, 0.15) is 0 Å². The molecule has 4 nitrogen and oxygen atoms in total. The molecule has 190 valence electrons. The highest BCUT2D eigenvalue weighted by molar-refractivity contribution is 6.12. The average molecular weight is 515 g/mol. The van der Waals surface area contributed by atoms with E-state index in [-0.39, 0.29) is 5.41 Å². The summed E-state index contributed by atoms with van der Waals surface area (Å²) in [6, 6.07) is 42.2. The van der Waals surface area contributed by atoms with Gasteiger partial charge in [0.25, 0.3) is 0 Å². The van der Waals surface area contributed by atoms with Crippen LogP contribution in [0.1, 0.15) is 25.0 Å². The van der Waals surface area contributed by atoms with E-state index < -0.39 is 0 Å². The fourth-order valence-electron chi connectivity index (χ4n) is 6.42. The Kier molecular flexibility index (Phi) is 4.83. The van der Waals surface area contributed by atoms with Crippen molar-refractivity contribution in [3.05, 3.63) is 132 Å². The number of para-hydroxylation sites is 1. The third kappa shape index (κ3) is 3.23. The Hall–Kier alpha value is -5.09. The van der Waals surface area contributed by atoms with Gasteiger partial charge < -0.3 is 0 Å². The van der Waals surface area contributed by atoms with Crippen molar-refractivity contribution in [2.75, 3.05) is 0 Å². The van der Waals surface area contributed by atoms with E-state index in [0.29, 0.717) is 17.6 Å². The molecule has 0 amide bonds. The van der Waals surface area contributed by atoms with E-state index in [0.717, 1.165) is 22.2 Å². The molecule has 0 atom stereocenters. The summed E-state index contributed by atoms with van der Waals surface area (Å²) in [6.07, 6.45) is 0. The van der Waals surface area contributed by atoms with Gasteiger partial charge in [-0.05, 0) is 28.3 Å². The predicted molar refractivity (Wildman–Crippen MR) is 163 cm³/mol. The highest BCUT2D eigenvalue weighted by Crippen LogP contribution is 2.52. The summed E-state index contributed by atoms with van der Waals surface area (Å²) in [4.78, 5) is 15.2. The zero-order chi connectivity index (χ0) is 26.8. The predicted octanol–water partition coefficient (Wildman–Crippen LogP) is 8.61. The SMILES string of the molecule is CC1(C)c2ccccc2-c2ccc3c4ccccc4n(-c4nc(-c5ccccc5)nc(-c5ccccc5)n4)c3c21. The second kappa shape index (κ2) is 8.45. The first-order valence-corrected chi connectivity index (χ1v) is 13.6. The Labute approximate surface area is 232 Å². The van der Waals surface area contributed by atoms with Crippen molar-refractivity contribution in [2.45, 2.75) is 19.3 Å². The summed E-state index contributed by atoms with van der Waals surface area (Å²) in [5.41, 5.74) is 9.21. The highest BCUT2D eigenvalue weighted by Gasteiger charge is 2.38. The van der Waals surface area contributed by atoms with Crippen LogP contribution in [0.3, 0.4) is 0 Å². The van der Waals surface area contributed by atoms with Gasteiger partial charge in [-0.25, -0.2) is 4.98 Å². The molecule has 0 spiro atoms. The van der Waals surface area contributed by atoms with Gasteiger partial charge in [-0.2, -0.15) is 9.97 Å². The molecule has 8 rings (SSSR count). The van der Waals surface area contributed by atoms with Gasteiger partial charge >= 0.3 is 0 Å². The van der Waals surface area contributed by atoms with E-state index in [4.69, 9.17) is 15.0 Å². The Bertz CT molecular complexity index is 2010. The Morgan fingerprint density at radius 3 is 1.82 bits per heavy atom. The van der Waals surface area contributed by atoms with E-state index in [1.54, 1.807) is 0 Å². The molecule has 40 heavy (non-hydrogen) atoms. The van der Waals surface area contributed by atoms with Gasteiger partial charge in [0.15, 0.2) is 11.6 Å². The topological polar surface area (TPSA) is 43.6 Å². The van der Waals surface area contributed by atoms with E-state index in [1.807, 2.05) is 36.4 Å². The van der Waals surface area contributed by atoms with E-state index in [9.17, 15) is 0 Å². The van der Waals surface area contributed by atoms with Crippen LogP contribution in [0.25, 0.3) is 61.7 Å². The second-order valence-corrected chi connectivity index (χ2v) is 10.9. The molecule has 1 aliphatic rings. The molecule has 0 saturated heterocycles. The Morgan fingerprint density at radius 1 is 0.525 bits per heavy atom. The van der Waals surface area contributed by atoms with Gasteiger partial charge in [0, 0.05) is 27.3 Å². The van der Waals surface area contributed by atoms with Crippen LogP contribution in [0.5, 0.6) is 0 Å². The fourth-order valence-corrected chi connectivity index (χ4v) is 6.42. The highest BCUT2D eigenvalue weighted by atomic mass is 15.2. The minimum absolute atomic E-state index is 0.185. The van der Waals surface area contributed by atoms with Gasteiger partial charge in [-0.1, -0.05) is 129 Å². The van der Waals surface area contributed by atoms with Crippen LogP contribution in [-0.2, 0) is 5.41 Å². The van der Waals surface area contributed by atoms with Crippen LogP contribution in [-0.4, -0.2) is 19.5 Å². The molecule has 0 radical (unpaired) electrons. The van der Waals surface area contributed by atoms with Gasteiger partial charge in [0.2, 0.25) is 5.95 Å². The minimum atomic E-state index is -0.185. The average Bonchev–Trinajstić information content (AvgIpc) is 3.47. The number of hydrogen-bond acceptors (Lipinski definition) is 3. The van der Waals surface area contributed by atoms with Crippen molar-refractivity contribution in [3.63, 3.8) is 0 Å². The van der Waals surface area contributed by atoms with Crippen LogP contribution in [0.2, 0.25) is 0 Å². The smallest absolute Gasteiger partial charge is 0.238 e. The van der Waals surface area contributed by atoms with Crippen molar-refractivity contribution in [2.24, 2.45) is 0 Å². The van der Waals surface area contributed by atoms with Crippen molar-refractivity contribution >= 4 is 21.8 Å². The quantitative estimate of drug-likeness (QED) is 0.237. The van der Waals surface area contributed by atoms with E-state index in [1.165, 1.54) is 33.0 Å². The first kappa shape index (κ1) is 22.9. The summed E-state index contributed by atoms with van der Waals surface area (Å²) in [6.45, 7) is 4.66. The summed E-state index contributed by atoms with van der Waals surface area (Å²) in [7, 11) is 0. The number of fused-ring (bicyclic) bond motifs is 7. The van der Waals surface area contributed by atoms with Crippen molar-refractivity contribution in [3.8, 4) is 39.9 Å². The first-order valence-electron chi connectivity index (χ1n) is 13.6. The zero-order valence-corrected chi connectivity index (χ0v) is 22.3. The number of nitrogens with zero attached hydrogens (tertiary/aromatic N) is 4. The molecule has 7 aromatic rings. The van der Waals surface area contributed by atoms with Crippen LogP contribution in [0.4, 0.5) is 0 Å². The molecule has 4 heteroatoms. The monoisotopic (exact) mass is 514 g/mol. The number of benzene rings is 5. The third-order valence-corrected chi connectivity index (χ3v) is 8.24. The summed E-state index contributed by atoms with van der Waals surface area (Å²) < 4.78 is 2.26. The molecule has 0 saturated carbocycles. The van der Waals surface area contributed by atoms with Crippen LogP contribution in [0, 0.1) is 0 Å². The lowest BCUT2D eigenvalue weighted by Crippen LogP contribution is -2.17. The molecule has 5 aromatic carbocycles. The molecule has 0 bridgehead atoms. The van der Waals surface area contributed by atoms with Crippen LogP contribution < -0.4 is 0 Å². The van der Waals surface area contributed by atoms with Crippen LogP contribution >= 0.6 is 0 Å². The molecule has 0 aliphatic heterocycles. The Balaban J connectivity index is 1.51. The van der Waals surface area contributed by atoms with Crippen molar-refractivity contribution < 1.29 is 0 Å². The minimum Gasteiger partial charge on any atom is -0.277 e. The van der Waals surface area contributed by atoms with E-state index in [2.05, 4.69) is 103 Å². The lowest BCUT2D eigenvalue weighted by molar-refractivity contribution is 0.663. The lowest BCUT2D eigenvalue weighted by Gasteiger charge is -2.23. The standard InChI is InChI=1S/C36H26N4/c1-36(2)29-19-11-9-17-25(29)27-21-22-28-26-18-10-12-20-30(26)40(32(28)31(27)36)35-38-33(23-13-5-3-6-14-23)37-34(39-35)24-15-7-4-8-16-24/h3-22H,1-2H3. The molecule has 0 fully saturated rings. The molecule has 2 aromatic heterocycles. The van der Waals surface area contributed by atoms with Crippen molar-refractivity contribution in [1.82, 2.24) is 19.5 Å². The molecule has 0 N–H and O–H groups in total. The van der Waals surface area contributed by atoms with Gasteiger partial charge in [0.05, 0.1) is 11.0 Å². The summed E-state index contributed by atoms with van der Waals surface area (Å²) in [5, 5.41) is 2.40. The number of hydrogen-bond donors (Lipinski definition) is 0. The maximum Gasteiger partial charge on any atom is 0.238 e. The Morgan fingerprint density at radius 2 is 1.12 bits per heavy atom. The largest absolute Gasteiger partial charge is 0.277 e. The maximum atomic E-state index is 5.14.